The Kier molecular flexibility index (Phi) is 7.35. The number of fused-ring (bicyclic) bond motifs is 2. The molecule has 42 heavy (non-hydrogen) atoms. The molecule has 2 aromatic heterocycles. The minimum absolute atomic E-state index is 0.0723. The van der Waals surface area contributed by atoms with E-state index >= 15 is 0 Å². The maximum absolute atomic E-state index is 12.9. The second kappa shape index (κ2) is 10.8. The van der Waals surface area contributed by atoms with E-state index < -0.39 is 39.6 Å². The van der Waals surface area contributed by atoms with Crippen molar-refractivity contribution in [3.63, 3.8) is 0 Å². The summed E-state index contributed by atoms with van der Waals surface area (Å²) in [7, 11) is -4.19. The van der Waals surface area contributed by atoms with E-state index in [0.29, 0.717) is 48.8 Å². The summed E-state index contributed by atoms with van der Waals surface area (Å²) in [6.45, 7) is 3.73. The summed E-state index contributed by atoms with van der Waals surface area (Å²) in [5.41, 5.74) is 3.92. The van der Waals surface area contributed by atoms with E-state index in [0.717, 1.165) is 0 Å². The average molecular weight is 592 g/mol. The van der Waals surface area contributed by atoms with Gasteiger partial charge in [0.05, 0.1) is 27.7 Å². The molecule has 11 nitrogen and oxygen atoms in total. The second-order valence-corrected chi connectivity index (χ2v) is 11.5. The largest absolute Gasteiger partial charge is 0.492 e. The fourth-order valence-corrected chi connectivity index (χ4v) is 5.92. The number of hydrogen-bond acceptors (Lipinski definition) is 7. The standard InChI is InChI=1S/C30H26N2O9S/c1-17-15-19(30(37)41-32-24(33)11-12-25(32)34)16-18(2)26(17)21-8-5-10-23-27(21)28(29(35)36)20-7-3-4-9-22(20)31(23)13-6-14-42(38,39)40/h3-5,7-12,15-16H,6,13-14H2,1-2H3,(H3,35,36,37,38,39,40)/p+1. The van der Waals surface area contributed by atoms with Crippen LogP contribution >= 0.6 is 0 Å². The number of carbonyl (C=O) groups excluding carboxylic acids is 1. The third-order valence-electron chi connectivity index (χ3n) is 7.05. The van der Waals surface area contributed by atoms with Gasteiger partial charge in [-0.1, -0.05) is 24.3 Å². The number of carboxylic acid groups (broad SMARTS) is 1. The predicted octanol–water partition coefficient (Wildman–Crippen LogP) is 4.02. The fourth-order valence-electron chi connectivity index (χ4n) is 5.43. The Labute approximate surface area is 240 Å². The monoisotopic (exact) mass is 591 g/mol. The van der Waals surface area contributed by atoms with Crippen LogP contribution in [-0.2, 0) is 16.7 Å². The highest BCUT2D eigenvalue weighted by Gasteiger charge is 2.28. The van der Waals surface area contributed by atoms with Gasteiger partial charge in [-0.05, 0) is 54.3 Å². The van der Waals surface area contributed by atoms with Crippen LogP contribution in [0.3, 0.4) is 0 Å². The van der Waals surface area contributed by atoms with Crippen molar-refractivity contribution in [3.05, 3.63) is 89.0 Å². The number of nitrogens with zero attached hydrogens (tertiary/aromatic N) is 2. The predicted molar refractivity (Wildman–Crippen MR) is 153 cm³/mol. The molecule has 0 aliphatic carbocycles. The van der Waals surface area contributed by atoms with Gasteiger partial charge in [0.2, 0.25) is 22.8 Å². The first-order chi connectivity index (χ1) is 19.9. The lowest BCUT2D eigenvalue weighted by Gasteiger charge is -2.17. The number of aromatic nitrogens is 2. The van der Waals surface area contributed by atoms with Gasteiger partial charge in [0.25, 0.3) is 10.1 Å². The number of hydrogen-bond donors (Lipinski definition) is 4. The highest BCUT2D eigenvalue weighted by Crippen LogP contribution is 2.37. The summed E-state index contributed by atoms with van der Waals surface area (Å²) < 4.78 is 34.5. The maximum Gasteiger partial charge on any atom is 0.363 e. The van der Waals surface area contributed by atoms with Crippen molar-refractivity contribution in [3.8, 4) is 22.9 Å². The highest BCUT2D eigenvalue weighted by atomic mass is 32.2. The summed E-state index contributed by atoms with van der Waals surface area (Å²) in [5, 5.41) is 31.0. The second-order valence-electron chi connectivity index (χ2n) is 9.90. The molecular weight excluding hydrogens is 564 g/mol. The van der Waals surface area contributed by atoms with Gasteiger partial charge in [-0.3, -0.25) is 4.55 Å². The first-order valence-corrected chi connectivity index (χ1v) is 14.5. The lowest BCUT2D eigenvalue weighted by atomic mass is 9.88. The Morgan fingerprint density at radius 1 is 0.905 bits per heavy atom. The Morgan fingerprint density at radius 3 is 2.14 bits per heavy atom. The van der Waals surface area contributed by atoms with Crippen molar-refractivity contribution in [2.24, 2.45) is 0 Å². The van der Waals surface area contributed by atoms with Crippen molar-refractivity contribution in [2.75, 3.05) is 5.75 Å². The van der Waals surface area contributed by atoms with Crippen LogP contribution in [0.15, 0.2) is 66.7 Å². The Hall–Kier alpha value is -4.94. The minimum atomic E-state index is -4.19. The first-order valence-electron chi connectivity index (χ1n) is 12.9. The van der Waals surface area contributed by atoms with E-state index in [1.165, 1.54) is 12.1 Å². The van der Waals surface area contributed by atoms with Crippen LogP contribution in [0.2, 0.25) is 0 Å². The molecular formula is C30H27N2O9S+. The molecule has 0 atom stereocenters. The van der Waals surface area contributed by atoms with Gasteiger partial charge >= 0.3 is 11.9 Å². The molecule has 0 aliphatic rings. The van der Waals surface area contributed by atoms with E-state index in [1.54, 1.807) is 68.4 Å². The molecule has 5 rings (SSSR count). The number of benzene rings is 3. The van der Waals surface area contributed by atoms with Crippen LogP contribution < -0.4 is 9.40 Å². The Balaban J connectivity index is 1.71. The van der Waals surface area contributed by atoms with Gasteiger partial charge in [-0.25, -0.2) is 9.59 Å². The molecule has 0 spiro atoms. The minimum Gasteiger partial charge on any atom is -0.492 e. The maximum atomic E-state index is 12.9. The van der Waals surface area contributed by atoms with Crippen molar-refractivity contribution in [1.82, 2.24) is 4.73 Å². The molecule has 0 amide bonds. The van der Waals surface area contributed by atoms with E-state index in [4.69, 9.17) is 4.84 Å². The number of pyridine rings is 1. The molecule has 0 unspecified atom stereocenters. The van der Waals surface area contributed by atoms with Gasteiger partial charge in [-0.15, -0.1) is 4.73 Å². The number of aryl methyl sites for hydroxylation is 3. The van der Waals surface area contributed by atoms with Crippen LogP contribution in [-0.4, -0.2) is 50.7 Å². The van der Waals surface area contributed by atoms with Crippen molar-refractivity contribution >= 4 is 43.9 Å². The molecule has 12 heteroatoms. The van der Waals surface area contributed by atoms with Crippen LogP contribution in [0, 0.1) is 13.8 Å². The van der Waals surface area contributed by atoms with E-state index in [1.807, 2.05) is 4.57 Å². The third-order valence-corrected chi connectivity index (χ3v) is 7.86. The Bertz CT molecular complexity index is 1970. The number of carbonyl (C=O) groups is 2. The van der Waals surface area contributed by atoms with Gasteiger partial charge < -0.3 is 20.2 Å². The summed E-state index contributed by atoms with van der Waals surface area (Å²) in [6.07, 6.45) is 0.0978. The average Bonchev–Trinajstić information content (AvgIpc) is 3.23. The molecule has 0 aliphatic heterocycles. The molecule has 0 saturated carbocycles. The SMILES string of the molecule is Cc1cc(C(=O)On2c(O)ccc2O)cc(C)c1-c1cccc2c1c(C(=O)O)c1ccccc1[n+]2CCCS(=O)(=O)O. The van der Waals surface area contributed by atoms with Gasteiger partial charge in [0.1, 0.15) is 0 Å². The number of aromatic hydroxyl groups is 2. The van der Waals surface area contributed by atoms with E-state index in [-0.39, 0.29) is 24.1 Å². The van der Waals surface area contributed by atoms with Crippen LogP contribution in [0.25, 0.3) is 32.9 Å². The summed E-state index contributed by atoms with van der Waals surface area (Å²) in [6, 6.07) is 17.8. The summed E-state index contributed by atoms with van der Waals surface area (Å²) in [5.74, 6) is -3.35. The molecule has 2 heterocycles. The van der Waals surface area contributed by atoms with Crippen LogP contribution in [0.4, 0.5) is 0 Å². The number of aromatic carboxylic acids is 1. The van der Waals surface area contributed by atoms with Crippen molar-refractivity contribution < 1.29 is 47.3 Å². The first kappa shape index (κ1) is 28.6. The lowest BCUT2D eigenvalue weighted by molar-refractivity contribution is -0.645. The summed E-state index contributed by atoms with van der Waals surface area (Å²) >= 11 is 0. The molecule has 0 fully saturated rings. The number of rotatable bonds is 8. The molecule has 4 N–H and O–H groups in total. The smallest absolute Gasteiger partial charge is 0.363 e. The van der Waals surface area contributed by atoms with E-state index in [2.05, 4.69) is 0 Å². The molecule has 0 bridgehead atoms. The van der Waals surface area contributed by atoms with Gasteiger partial charge in [0.15, 0.2) is 6.54 Å². The highest BCUT2D eigenvalue weighted by molar-refractivity contribution is 7.85. The molecule has 0 radical (unpaired) electrons. The lowest BCUT2D eigenvalue weighted by Crippen LogP contribution is -2.37. The third kappa shape index (κ3) is 5.24. The molecule has 216 valence electrons. The van der Waals surface area contributed by atoms with Crippen LogP contribution in [0.1, 0.15) is 38.3 Å². The van der Waals surface area contributed by atoms with Crippen molar-refractivity contribution in [2.45, 2.75) is 26.8 Å². The van der Waals surface area contributed by atoms with Gasteiger partial charge in [-0.2, -0.15) is 13.0 Å². The quantitative estimate of drug-likeness (QED) is 0.118. The fraction of sp³-hybridized carbons (Fsp3) is 0.167. The Morgan fingerprint density at radius 2 is 1.52 bits per heavy atom. The topological polar surface area (TPSA) is 167 Å². The zero-order valence-electron chi connectivity index (χ0n) is 22.6. The molecule has 3 aromatic carbocycles. The molecule has 0 saturated heterocycles. The zero-order chi connectivity index (χ0) is 30.3. The number of para-hydroxylation sites is 1. The van der Waals surface area contributed by atoms with Crippen molar-refractivity contribution in [1.29, 1.82) is 0 Å². The molecule has 5 aromatic rings. The zero-order valence-corrected chi connectivity index (χ0v) is 23.4. The van der Waals surface area contributed by atoms with E-state index in [9.17, 15) is 37.9 Å². The summed E-state index contributed by atoms with van der Waals surface area (Å²) in [4.78, 5) is 30.8. The number of carboxylic acids is 1. The van der Waals surface area contributed by atoms with Crippen LogP contribution in [0.5, 0.6) is 11.8 Å². The normalized spacial score (nSPS) is 11.7. The van der Waals surface area contributed by atoms with Gasteiger partial charge in [0, 0.05) is 30.7 Å².